The molecule has 6 heteroatoms. The Morgan fingerprint density at radius 2 is 1.88 bits per heavy atom. The third-order valence-electron chi connectivity index (χ3n) is 3.20. The highest BCUT2D eigenvalue weighted by Crippen LogP contribution is 2.36. The molecule has 0 fully saturated rings. The van der Waals surface area contributed by atoms with Crippen molar-refractivity contribution in [2.75, 3.05) is 6.54 Å². The maximum atomic E-state index is 12.9. The maximum absolute atomic E-state index is 12.9. The first-order valence-electron chi connectivity index (χ1n) is 5.68. The lowest BCUT2D eigenvalue weighted by Gasteiger charge is -2.31. The third-order valence-corrected chi connectivity index (χ3v) is 3.20. The highest BCUT2D eigenvalue weighted by Gasteiger charge is 2.40. The molecular formula is C11H16F3N3. The second-order valence-corrected chi connectivity index (χ2v) is 4.69. The van der Waals surface area contributed by atoms with Gasteiger partial charge in [-0.1, -0.05) is 0 Å². The summed E-state index contributed by atoms with van der Waals surface area (Å²) in [7, 11) is 0. The predicted octanol–water partition coefficient (Wildman–Crippen LogP) is 2.43. The van der Waals surface area contributed by atoms with E-state index in [0.29, 0.717) is 18.8 Å². The predicted molar refractivity (Wildman–Crippen MR) is 57.5 cm³/mol. The lowest BCUT2D eigenvalue weighted by molar-refractivity contribution is -0.139. The van der Waals surface area contributed by atoms with Gasteiger partial charge in [-0.2, -0.15) is 18.3 Å². The van der Waals surface area contributed by atoms with E-state index in [0.717, 1.165) is 6.54 Å². The van der Waals surface area contributed by atoms with Crippen LogP contribution in [0.3, 0.4) is 0 Å². The summed E-state index contributed by atoms with van der Waals surface area (Å²) in [6.45, 7) is 7.02. The van der Waals surface area contributed by atoms with E-state index >= 15 is 0 Å². The van der Waals surface area contributed by atoms with Crippen molar-refractivity contribution in [3.05, 3.63) is 17.0 Å². The molecule has 1 aromatic rings. The van der Waals surface area contributed by atoms with Crippen LogP contribution in [0.4, 0.5) is 13.2 Å². The Kier molecular flexibility index (Phi) is 2.93. The van der Waals surface area contributed by atoms with Crippen LogP contribution in [0.15, 0.2) is 0 Å². The molecule has 0 amide bonds. The molecule has 0 saturated heterocycles. The Morgan fingerprint density at radius 1 is 1.24 bits per heavy atom. The zero-order chi connectivity index (χ0) is 12.8. The number of hydrogen-bond acceptors (Lipinski definition) is 2. The summed E-state index contributed by atoms with van der Waals surface area (Å²) in [4.78, 5) is 2.03. The molecule has 17 heavy (non-hydrogen) atoms. The van der Waals surface area contributed by atoms with Gasteiger partial charge in [-0.3, -0.25) is 9.58 Å². The maximum Gasteiger partial charge on any atom is 0.420 e. The van der Waals surface area contributed by atoms with Crippen molar-refractivity contribution in [3.8, 4) is 0 Å². The van der Waals surface area contributed by atoms with Gasteiger partial charge in [0, 0.05) is 19.1 Å². The van der Waals surface area contributed by atoms with Crippen LogP contribution in [0, 0.1) is 6.92 Å². The van der Waals surface area contributed by atoms with Crippen LogP contribution in [0.25, 0.3) is 0 Å². The van der Waals surface area contributed by atoms with E-state index in [1.807, 2.05) is 18.7 Å². The Bertz CT molecular complexity index is 420. The molecule has 1 aliphatic rings. The molecule has 0 atom stereocenters. The van der Waals surface area contributed by atoms with Gasteiger partial charge < -0.3 is 0 Å². The second-order valence-electron chi connectivity index (χ2n) is 4.69. The van der Waals surface area contributed by atoms with Gasteiger partial charge >= 0.3 is 6.18 Å². The minimum atomic E-state index is -4.31. The summed E-state index contributed by atoms with van der Waals surface area (Å²) in [6, 6.07) is 0.250. The van der Waals surface area contributed by atoms with E-state index in [2.05, 4.69) is 5.10 Å². The lowest BCUT2D eigenvalue weighted by Crippen LogP contribution is -2.39. The summed E-state index contributed by atoms with van der Waals surface area (Å²) >= 11 is 0. The largest absolute Gasteiger partial charge is 0.420 e. The molecule has 0 N–H and O–H groups in total. The molecule has 0 unspecified atom stereocenters. The fourth-order valence-corrected chi connectivity index (χ4v) is 2.28. The molecule has 0 aromatic carbocycles. The highest BCUT2D eigenvalue weighted by molar-refractivity contribution is 5.29. The minimum absolute atomic E-state index is 0.0816. The van der Waals surface area contributed by atoms with Gasteiger partial charge in [0.15, 0.2) is 0 Å². The summed E-state index contributed by atoms with van der Waals surface area (Å²) in [6.07, 6.45) is -4.31. The molecule has 0 bridgehead atoms. The zero-order valence-electron chi connectivity index (χ0n) is 10.2. The van der Waals surface area contributed by atoms with Gasteiger partial charge in [0.1, 0.15) is 5.56 Å². The van der Waals surface area contributed by atoms with E-state index in [-0.39, 0.29) is 11.7 Å². The van der Waals surface area contributed by atoms with Crippen LogP contribution in [0.2, 0.25) is 0 Å². The Hall–Kier alpha value is -1.04. The van der Waals surface area contributed by atoms with E-state index in [9.17, 15) is 13.2 Å². The smallest absolute Gasteiger partial charge is 0.293 e. The van der Waals surface area contributed by atoms with Crippen molar-refractivity contribution in [2.24, 2.45) is 0 Å². The normalized spacial score (nSPS) is 17.6. The topological polar surface area (TPSA) is 21.1 Å². The van der Waals surface area contributed by atoms with Crippen LogP contribution in [-0.4, -0.2) is 27.3 Å². The number of hydrogen-bond donors (Lipinski definition) is 0. The van der Waals surface area contributed by atoms with E-state index < -0.39 is 11.7 Å². The Balaban J connectivity index is 2.41. The summed E-state index contributed by atoms with van der Waals surface area (Å²) in [5, 5.41) is 3.98. The Morgan fingerprint density at radius 3 is 2.41 bits per heavy atom. The number of fused-ring (bicyclic) bond motifs is 1. The molecule has 0 spiro atoms. The van der Waals surface area contributed by atoms with Crippen LogP contribution < -0.4 is 0 Å². The fourth-order valence-electron chi connectivity index (χ4n) is 2.28. The van der Waals surface area contributed by atoms with E-state index in [4.69, 9.17) is 0 Å². The summed E-state index contributed by atoms with van der Waals surface area (Å²) in [5.74, 6) is 0. The van der Waals surface area contributed by atoms with Crippen LogP contribution >= 0.6 is 0 Å². The van der Waals surface area contributed by atoms with E-state index in [1.165, 1.54) is 11.6 Å². The van der Waals surface area contributed by atoms with Gasteiger partial charge in [-0.25, -0.2) is 0 Å². The number of halogens is 3. The number of aromatic nitrogens is 2. The molecule has 2 heterocycles. The monoisotopic (exact) mass is 247 g/mol. The summed E-state index contributed by atoms with van der Waals surface area (Å²) < 4.78 is 40.3. The minimum Gasteiger partial charge on any atom is -0.293 e. The quantitative estimate of drug-likeness (QED) is 0.760. The molecule has 0 radical (unpaired) electrons. The second kappa shape index (κ2) is 4.01. The third kappa shape index (κ3) is 2.18. The molecule has 0 aliphatic carbocycles. The average molecular weight is 247 g/mol. The first-order chi connectivity index (χ1) is 7.80. The SMILES string of the molecule is Cc1nn2c(c1C(F)(F)F)CN(C(C)C)CC2. The molecule has 96 valence electrons. The van der Waals surface area contributed by atoms with Crippen molar-refractivity contribution in [2.45, 2.75) is 46.1 Å². The molecule has 0 saturated carbocycles. The molecule has 1 aliphatic heterocycles. The molecule has 1 aromatic heterocycles. The van der Waals surface area contributed by atoms with Crippen molar-refractivity contribution >= 4 is 0 Å². The number of rotatable bonds is 1. The number of nitrogens with zero attached hydrogens (tertiary/aromatic N) is 3. The van der Waals surface area contributed by atoms with Gasteiger partial charge in [0.05, 0.1) is 17.9 Å². The molecule has 2 rings (SSSR count). The van der Waals surface area contributed by atoms with Crippen molar-refractivity contribution in [1.82, 2.24) is 14.7 Å². The van der Waals surface area contributed by atoms with Crippen LogP contribution in [0.1, 0.15) is 30.8 Å². The van der Waals surface area contributed by atoms with Crippen molar-refractivity contribution in [1.29, 1.82) is 0 Å². The van der Waals surface area contributed by atoms with E-state index in [1.54, 1.807) is 0 Å². The molecular weight excluding hydrogens is 231 g/mol. The first kappa shape index (κ1) is 12.4. The number of alkyl halides is 3. The van der Waals surface area contributed by atoms with Crippen molar-refractivity contribution < 1.29 is 13.2 Å². The van der Waals surface area contributed by atoms with Crippen LogP contribution in [-0.2, 0) is 19.3 Å². The van der Waals surface area contributed by atoms with Gasteiger partial charge in [-0.15, -0.1) is 0 Å². The van der Waals surface area contributed by atoms with Gasteiger partial charge in [0.2, 0.25) is 0 Å². The van der Waals surface area contributed by atoms with Gasteiger partial charge in [0.25, 0.3) is 0 Å². The average Bonchev–Trinajstić information content (AvgIpc) is 2.51. The van der Waals surface area contributed by atoms with Crippen molar-refractivity contribution in [3.63, 3.8) is 0 Å². The molecule has 3 nitrogen and oxygen atoms in total. The fraction of sp³-hybridized carbons (Fsp3) is 0.727. The highest BCUT2D eigenvalue weighted by atomic mass is 19.4. The first-order valence-corrected chi connectivity index (χ1v) is 5.68. The standard InChI is InChI=1S/C11H16F3N3/c1-7(2)16-4-5-17-9(6-16)10(8(3)15-17)11(12,13)14/h7H,4-6H2,1-3H3. The lowest BCUT2D eigenvalue weighted by atomic mass is 10.1. The zero-order valence-corrected chi connectivity index (χ0v) is 10.2. The summed E-state index contributed by atoms with van der Waals surface area (Å²) in [5.41, 5.74) is -0.170. The Labute approximate surface area is 98.2 Å². The van der Waals surface area contributed by atoms with Gasteiger partial charge in [-0.05, 0) is 20.8 Å². The number of aryl methyl sites for hydroxylation is 1. The van der Waals surface area contributed by atoms with Crippen LogP contribution in [0.5, 0.6) is 0 Å².